The molecule has 3 aromatic rings. The van der Waals surface area contributed by atoms with E-state index in [9.17, 15) is 9.18 Å². The zero-order chi connectivity index (χ0) is 18.4. The van der Waals surface area contributed by atoms with E-state index < -0.39 is 5.91 Å². The Bertz CT molecular complexity index is 949. The Morgan fingerprint density at radius 3 is 2.58 bits per heavy atom. The molecular formula is C19H14FN5O. The summed E-state index contributed by atoms with van der Waals surface area (Å²) in [7, 11) is 0. The molecule has 0 unspecified atom stereocenters. The number of rotatable bonds is 5. The lowest BCUT2D eigenvalue weighted by atomic mass is 10.2. The summed E-state index contributed by atoms with van der Waals surface area (Å²) < 4.78 is 12.9. The molecule has 0 aliphatic heterocycles. The SMILES string of the molecule is N#Cc1cccc(NC(=O)c2ccc(NCc3ccc(F)cc3)nn2)c1. The molecule has 0 bridgehead atoms. The van der Waals surface area contributed by atoms with Gasteiger partial charge in [-0.3, -0.25) is 4.79 Å². The van der Waals surface area contributed by atoms with Crippen molar-refractivity contribution < 1.29 is 9.18 Å². The van der Waals surface area contributed by atoms with E-state index in [0.29, 0.717) is 23.6 Å². The monoisotopic (exact) mass is 347 g/mol. The quantitative estimate of drug-likeness (QED) is 0.738. The number of nitriles is 1. The number of halogens is 1. The number of carbonyl (C=O) groups is 1. The second-order valence-corrected chi connectivity index (χ2v) is 5.43. The normalized spacial score (nSPS) is 10.0. The van der Waals surface area contributed by atoms with Crippen LogP contribution >= 0.6 is 0 Å². The molecule has 2 N–H and O–H groups in total. The first kappa shape index (κ1) is 17.0. The molecule has 0 saturated carbocycles. The number of amides is 1. The topological polar surface area (TPSA) is 90.7 Å². The van der Waals surface area contributed by atoms with Crippen LogP contribution in [0.25, 0.3) is 0 Å². The highest BCUT2D eigenvalue weighted by molar-refractivity contribution is 6.02. The number of hydrogen-bond donors (Lipinski definition) is 2. The van der Waals surface area contributed by atoms with E-state index in [1.54, 1.807) is 48.5 Å². The zero-order valence-electron chi connectivity index (χ0n) is 13.6. The molecule has 0 radical (unpaired) electrons. The molecule has 0 saturated heterocycles. The summed E-state index contributed by atoms with van der Waals surface area (Å²) in [5.74, 6) is -0.209. The first-order valence-corrected chi connectivity index (χ1v) is 7.77. The van der Waals surface area contributed by atoms with Crippen molar-refractivity contribution in [1.29, 1.82) is 5.26 Å². The van der Waals surface area contributed by atoms with Gasteiger partial charge in [-0.05, 0) is 48.0 Å². The second-order valence-electron chi connectivity index (χ2n) is 5.43. The average molecular weight is 347 g/mol. The molecule has 26 heavy (non-hydrogen) atoms. The van der Waals surface area contributed by atoms with E-state index in [4.69, 9.17) is 5.26 Å². The third-order valence-electron chi connectivity index (χ3n) is 3.53. The number of anilines is 2. The zero-order valence-corrected chi connectivity index (χ0v) is 13.6. The Balaban J connectivity index is 1.60. The summed E-state index contributed by atoms with van der Waals surface area (Å²) in [4.78, 5) is 12.2. The van der Waals surface area contributed by atoms with E-state index in [2.05, 4.69) is 20.8 Å². The van der Waals surface area contributed by atoms with Gasteiger partial charge in [-0.25, -0.2) is 4.39 Å². The number of nitrogens with one attached hydrogen (secondary N) is 2. The van der Waals surface area contributed by atoms with Gasteiger partial charge < -0.3 is 10.6 Å². The molecule has 1 aromatic heterocycles. The molecule has 0 fully saturated rings. The summed E-state index contributed by atoms with van der Waals surface area (Å²) in [6.45, 7) is 0.460. The van der Waals surface area contributed by atoms with Crippen LogP contribution in [0.15, 0.2) is 60.7 Å². The van der Waals surface area contributed by atoms with Gasteiger partial charge in [0.25, 0.3) is 5.91 Å². The highest BCUT2D eigenvalue weighted by atomic mass is 19.1. The fourth-order valence-corrected chi connectivity index (χ4v) is 2.20. The fourth-order valence-electron chi connectivity index (χ4n) is 2.20. The van der Waals surface area contributed by atoms with E-state index in [-0.39, 0.29) is 11.5 Å². The number of carbonyl (C=O) groups excluding carboxylic acids is 1. The van der Waals surface area contributed by atoms with Crippen molar-refractivity contribution >= 4 is 17.4 Å². The third-order valence-corrected chi connectivity index (χ3v) is 3.53. The Hall–Kier alpha value is -3.79. The van der Waals surface area contributed by atoms with Gasteiger partial charge in [0, 0.05) is 12.2 Å². The van der Waals surface area contributed by atoms with Gasteiger partial charge in [0.15, 0.2) is 5.69 Å². The van der Waals surface area contributed by atoms with Gasteiger partial charge in [0.1, 0.15) is 11.6 Å². The molecule has 6 nitrogen and oxygen atoms in total. The number of aromatic nitrogens is 2. The van der Waals surface area contributed by atoms with Crippen molar-refractivity contribution in [3.05, 3.63) is 83.3 Å². The van der Waals surface area contributed by atoms with Crippen molar-refractivity contribution in [2.45, 2.75) is 6.54 Å². The lowest BCUT2D eigenvalue weighted by Gasteiger charge is -2.07. The first-order valence-electron chi connectivity index (χ1n) is 7.77. The molecule has 0 aliphatic rings. The molecule has 0 aliphatic carbocycles. The number of nitrogens with zero attached hydrogens (tertiary/aromatic N) is 3. The van der Waals surface area contributed by atoms with Gasteiger partial charge >= 0.3 is 0 Å². The van der Waals surface area contributed by atoms with Gasteiger partial charge in [0.2, 0.25) is 0 Å². The molecular weight excluding hydrogens is 333 g/mol. The van der Waals surface area contributed by atoms with Crippen LogP contribution in [0.1, 0.15) is 21.6 Å². The maximum Gasteiger partial charge on any atom is 0.276 e. The lowest BCUT2D eigenvalue weighted by molar-refractivity contribution is 0.102. The largest absolute Gasteiger partial charge is 0.365 e. The highest BCUT2D eigenvalue weighted by Crippen LogP contribution is 2.12. The molecule has 2 aromatic carbocycles. The van der Waals surface area contributed by atoms with Gasteiger partial charge in [-0.15, -0.1) is 10.2 Å². The van der Waals surface area contributed by atoms with Gasteiger partial charge in [0.05, 0.1) is 11.6 Å². The van der Waals surface area contributed by atoms with Gasteiger partial charge in [-0.2, -0.15) is 5.26 Å². The number of hydrogen-bond acceptors (Lipinski definition) is 5. The van der Waals surface area contributed by atoms with Crippen LogP contribution < -0.4 is 10.6 Å². The second kappa shape index (κ2) is 7.85. The summed E-state index contributed by atoms with van der Waals surface area (Å²) in [5, 5.41) is 22.4. The molecule has 0 atom stereocenters. The Kier molecular flexibility index (Phi) is 5.15. The maximum absolute atomic E-state index is 12.9. The minimum absolute atomic E-state index is 0.152. The van der Waals surface area contributed by atoms with Crippen molar-refractivity contribution in [2.24, 2.45) is 0 Å². The smallest absolute Gasteiger partial charge is 0.276 e. The molecule has 0 spiro atoms. The minimum Gasteiger partial charge on any atom is -0.365 e. The molecule has 1 amide bonds. The highest BCUT2D eigenvalue weighted by Gasteiger charge is 2.09. The number of benzene rings is 2. The van der Waals surface area contributed by atoms with Crippen LogP contribution in [0.3, 0.4) is 0 Å². The van der Waals surface area contributed by atoms with Crippen LogP contribution in [0.5, 0.6) is 0 Å². The third kappa shape index (κ3) is 4.39. The van der Waals surface area contributed by atoms with Gasteiger partial charge in [-0.1, -0.05) is 18.2 Å². The lowest BCUT2D eigenvalue weighted by Crippen LogP contribution is -2.15. The molecule has 1 heterocycles. The van der Waals surface area contributed by atoms with Crippen LogP contribution in [-0.2, 0) is 6.54 Å². The van der Waals surface area contributed by atoms with Crippen molar-refractivity contribution in [3.63, 3.8) is 0 Å². The van der Waals surface area contributed by atoms with Crippen molar-refractivity contribution in [3.8, 4) is 6.07 Å². The molecule has 3 rings (SSSR count). The van der Waals surface area contributed by atoms with E-state index >= 15 is 0 Å². The predicted octanol–water partition coefficient (Wildman–Crippen LogP) is 3.35. The Morgan fingerprint density at radius 1 is 1.08 bits per heavy atom. The summed E-state index contributed by atoms with van der Waals surface area (Å²) in [6, 6.07) is 17.9. The van der Waals surface area contributed by atoms with Crippen LogP contribution in [0.4, 0.5) is 15.9 Å². The molecule has 128 valence electrons. The van der Waals surface area contributed by atoms with Crippen LogP contribution in [0.2, 0.25) is 0 Å². The standard InChI is InChI=1S/C19H14FN5O/c20-15-6-4-13(5-7-15)12-22-18-9-8-17(24-25-18)19(26)23-16-3-1-2-14(10-16)11-21/h1-10H,12H2,(H,22,25)(H,23,26). The summed E-state index contributed by atoms with van der Waals surface area (Å²) in [6.07, 6.45) is 0. The Labute approximate surface area is 149 Å². The Morgan fingerprint density at radius 2 is 1.88 bits per heavy atom. The maximum atomic E-state index is 12.9. The average Bonchev–Trinajstić information content (AvgIpc) is 2.68. The van der Waals surface area contributed by atoms with Crippen molar-refractivity contribution in [2.75, 3.05) is 10.6 Å². The van der Waals surface area contributed by atoms with Crippen molar-refractivity contribution in [1.82, 2.24) is 10.2 Å². The summed E-state index contributed by atoms with van der Waals surface area (Å²) in [5.41, 5.74) is 2.01. The minimum atomic E-state index is -0.419. The summed E-state index contributed by atoms with van der Waals surface area (Å²) >= 11 is 0. The first-order chi connectivity index (χ1) is 12.6. The molecule has 7 heteroatoms. The van der Waals surface area contributed by atoms with E-state index in [1.807, 2.05) is 6.07 Å². The van der Waals surface area contributed by atoms with Crippen LogP contribution in [0, 0.1) is 17.1 Å². The fraction of sp³-hybridized carbons (Fsp3) is 0.0526. The van der Waals surface area contributed by atoms with Crippen LogP contribution in [-0.4, -0.2) is 16.1 Å². The predicted molar refractivity (Wildman–Crippen MR) is 94.9 cm³/mol. The van der Waals surface area contributed by atoms with E-state index in [0.717, 1.165) is 5.56 Å². The van der Waals surface area contributed by atoms with E-state index in [1.165, 1.54) is 12.1 Å².